The van der Waals surface area contributed by atoms with Crippen molar-refractivity contribution < 1.29 is 17.9 Å². The zero-order valence-corrected chi connectivity index (χ0v) is 19.4. The Hall–Kier alpha value is -3.16. The first-order chi connectivity index (χ1) is 16.5. The lowest BCUT2D eigenvalue weighted by Crippen LogP contribution is -2.28. The Morgan fingerprint density at radius 2 is 1.88 bits per heavy atom. The van der Waals surface area contributed by atoms with Crippen molar-refractivity contribution in [3.8, 4) is 6.07 Å². The number of sulfone groups is 1. The standard InChI is InChI=1S/C24H25N5O4S/c25-12-17-13-26-24(27-14-17)11-22(30)21(10-16-6-8-33-9-7-16)29-20-2-1-3-23(19(20)15-28-29)34(31,32)18-4-5-18/h1-3,13-16,18,21H,4-11H2. The van der Waals surface area contributed by atoms with Crippen molar-refractivity contribution in [3.05, 3.63) is 48.2 Å². The number of ketones is 1. The number of ether oxygens (including phenoxy) is 1. The van der Waals surface area contributed by atoms with Crippen molar-refractivity contribution in [2.45, 2.75) is 54.7 Å². The molecule has 1 unspecified atom stereocenters. The molecule has 0 bridgehead atoms. The van der Waals surface area contributed by atoms with E-state index >= 15 is 0 Å². The van der Waals surface area contributed by atoms with Crippen molar-refractivity contribution in [1.29, 1.82) is 5.26 Å². The molecular formula is C24H25N5O4S. The van der Waals surface area contributed by atoms with Crippen LogP contribution in [0, 0.1) is 17.2 Å². The van der Waals surface area contributed by atoms with E-state index < -0.39 is 15.9 Å². The molecule has 176 valence electrons. The monoisotopic (exact) mass is 479 g/mol. The highest BCUT2D eigenvalue weighted by atomic mass is 32.2. The fourth-order valence-electron chi connectivity index (χ4n) is 4.54. The van der Waals surface area contributed by atoms with Gasteiger partial charge in [0.15, 0.2) is 15.6 Å². The molecule has 3 heterocycles. The van der Waals surface area contributed by atoms with Crippen LogP contribution in [0.15, 0.2) is 41.7 Å². The Morgan fingerprint density at radius 1 is 1.15 bits per heavy atom. The molecule has 2 aromatic heterocycles. The predicted molar refractivity (Wildman–Crippen MR) is 123 cm³/mol. The van der Waals surface area contributed by atoms with Gasteiger partial charge in [0.1, 0.15) is 17.9 Å². The predicted octanol–water partition coefficient (Wildman–Crippen LogP) is 2.80. The number of rotatable bonds is 8. The normalized spacial score (nSPS) is 18.0. The largest absolute Gasteiger partial charge is 0.381 e. The summed E-state index contributed by atoms with van der Waals surface area (Å²) in [6.07, 6.45) is 8.03. The number of benzene rings is 1. The van der Waals surface area contributed by atoms with Gasteiger partial charge < -0.3 is 4.74 Å². The maximum atomic E-state index is 13.5. The highest BCUT2D eigenvalue weighted by molar-refractivity contribution is 7.92. The molecule has 0 amide bonds. The van der Waals surface area contributed by atoms with Gasteiger partial charge in [-0.1, -0.05) is 6.07 Å². The minimum atomic E-state index is -3.41. The summed E-state index contributed by atoms with van der Waals surface area (Å²) in [6.45, 7) is 1.32. The SMILES string of the molecule is N#Cc1cnc(CC(=O)C(CC2CCOCC2)n2ncc3c(S(=O)(=O)C4CC4)cccc32)nc1. The number of nitriles is 1. The minimum absolute atomic E-state index is 0.00100. The summed E-state index contributed by atoms with van der Waals surface area (Å²) in [4.78, 5) is 22.1. The first-order valence-corrected chi connectivity index (χ1v) is 13.0. The third-order valence-corrected chi connectivity index (χ3v) is 8.92. The van der Waals surface area contributed by atoms with Crippen molar-refractivity contribution in [3.63, 3.8) is 0 Å². The van der Waals surface area contributed by atoms with E-state index in [1.54, 1.807) is 23.0 Å². The molecule has 9 nitrogen and oxygen atoms in total. The fraction of sp³-hybridized carbons (Fsp3) is 0.458. The molecule has 0 N–H and O–H groups in total. The molecule has 1 saturated heterocycles. The maximum Gasteiger partial charge on any atom is 0.181 e. The average Bonchev–Trinajstić information content (AvgIpc) is 3.64. The average molecular weight is 480 g/mol. The van der Waals surface area contributed by atoms with E-state index in [0.717, 1.165) is 12.8 Å². The number of nitrogens with zero attached hydrogens (tertiary/aromatic N) is 5. The molecule has 0 spiro atoms. The first kappa shape index (κ1) is 22.6. The van der Waals surface area contributed by atoms with Crippen LogP contribution < -0.4 is 0 Å². The van der Waals surface area contributed by atoms with Crippen LogP contribution in [0.1, 0.15) is 49.5 Å². The summed E-state index contributed by atoms with van der Waals surface area (Å²) >= 11 is 0. The number of carbonyl (C=O) groups excluding carboxylic acids is 1. The number of aromatic nitrogens is 4. The molecular weight excluding hydrogens is 454 g/mol. The summed E-state index contributed by atoms with van der Waals surface area (Å²) in [5, 5.41) is 13.7. The van der Waals surface area contributed by atoms with E-state index in [4.69, 9.17) is 10.00 Å². The van der Waals surface area contributed by atoms with Gasteiger partial charge in [0, 0.05) is 31.0 Å². The topological polar surface area (TPSA) is 128 Å². The number of hydrogen-bond acceptors (Lipinski definition) is 8. The highest BCUT2D eigenvalue weighted by Gasteiger charge is 2.38. The van der Waals surface area contributed by atoms with E-state index in [-0.39, 0.29) is 22.3 Å². The van der Waals surface area contributed by atoms with E-state index in [2.05, 4.69) is 15.1 Å². The smallest absolute Gasteiger partial charge is 0.181 e. The molecule has 2 fully saturated rings. The van der Waals surface area contributed by atoms with Crippen molar-refractivity contribution in [2.24, 2.45) is 5.92 Å². The molecule has 1 saturated carbocycles. The molecule has 3 aromatic rings. The van der Waals surface area contributed by atoms with E-state index in [0.29, 0.717) is 60.7 Å². The molecule has 1 aromatic carbocycles. The van der Waals surface area contributed by atoms with Gasteiger partial charge >= 0.3 is 0 Å². The minimum Gasteiger partial charge on any atom is -0.381 e. The number of fused-ring (bicyclic) bond motifs is 1. The van der Waals surface area contributed by atoms with Crippen LogP contribution in [-0.2, 0) is 25.8 Å². The van der Waals surface area contributed by atoms with E-state index in [1.165, 1.54) is 12.4 Å². The van der Waals surface area contributed by atoms with Gasteiger partial charge in [-0.25, -0.2) is 18.4 Å². The second kappa shape index (κ2) is 9.24. The van der Waals surface area contributed by atoms with Crippen molar-refractivity contribution in [1.82, 2.24) is 19.7 Å². The molecule has 1 atom stereocenters. The van der Waals surface area contributed by atoms with Gasteiger partial charge in [0.2, 0.25) is 0 Å². The molecule has 5 rings (SSSR count). The lowest BCUT2D eigenvalue weighted by molar-refractivity contribution is -0.122. The zero-order valence-electron chi connectivity index (χ0n) is 18.6. The molecule has 34 heavy (non-hydrogen) atoms. The third kappa shape index (κ3) is 4.45. The van der Waals surface area contributed by atoms with Crippen molar-refractivity contribution >= 4 is 26.5 Å². The summed E-state index contributed by atoms with van der Waals surface area (Å²) in [6, 6.07) is 6.55. The number of Topliss-reactive ketones (excluding diaryl/α,β-unsaturated/α-hetero) is 1. The summed E-state index contributed by atoms with van der Waals surface area (Å²) in [5.74, 6) is 0.535. The van der Waals surface area contributed by atoms with E-state index in [9.17, 15) is 13.2 Å². The third-order valence-electron chi connectivity index (χ3n) is 6.60. The fourth-order valence-corrected chi connectivity index (χ4v) is 6.39. The quantitative estimate of drug-likeness (QED) is 0.482. The van der Waals surface area contributed by atoms with Crippen LogP contribution in [0.25, 0.3) is 10.9 Å². The summed E-state index contributed by atoms with van der Waals surface area (Å²) in [5.41, 5.74) is 0.963. The Kier molecular flexibility index (Phi) is 6.15. The summed E-state index contributed by atoms with van der Waals surface area (Å²) in [7, 11) is -3.41. The molecule has 0 radical (unpaired) electrons. The van der Waals surface area contributed by atoms with Crippen molar-refractivity contribution in [2.75, 3.05) is 13.2 Å². The van der Waals surface area contributed by atoms with Crippen LogP contribution in [0.3, 0.4) is 0 Å². The summed E-state index contributed by atoms with van der Waals surface area (Å²) < 4.78 is 33.1. The Labute approximate surface area is 197 Å². The van der Waals surface area contributed by atoms with Crippen LogP contribution in [0.5, 0.6) is 0 Å². The molecule has 1 aliphatic heterocycles. The highest BCUT2D eigenvalue weighted by Crippen LogP contribution is 2.37. The number of carbonyl (C=O) groups is 1. The van der Waals surface area contributed by atoms with Gasteiger partial charge in [0.25, 0.3) is 0 Å². The second-order valence-corrected chi connectivity index (χ2v) is 11.2. The Balaban J connectivity index is 1.50. The first-order valence-electron chi connectivity index (χ1n) is 11.5. The second-order valence-electron chi connectivity index (χ2n) is 8.97. The van der Waals surface area contributed by atoms with Gasteiger partial charge in [-0.05, 0) is 50.2 Å². The van der Waals surface area contributed by atoms with E-state index in [1.807, 2.05) is 12.1 Å². The Bertz CT molecular complexity index is 1350. The van der Waals surface area contributed by atoms with Gasteiger partial charge in [-0.2, -0.15) is 10.4 Å². The van der Waals surface area contributed by atoms with Crippen LogP contribution in [-0.4, -0.2) is 52.4 Å². The molecule has 1 aliphatic carbocycles. The van der Waals surface area contributed by atoms with Gasteiger partial charge in [-0.3, -0.25) is 9.48 Å². The number of hydrogen-bond donors (Lipinski definition) is 0. The van der Waals surface area contributed by atoms with Gasteiger partial charge in [0.05, 0.1) is 33.8 Å². The van der Waals surface area contributed by atoms with Crippen LogP contribution >= 0.6 is 0 Å². The lowest BCUT2D eigenvalue weighted by atomic mass is 9.90. The van der Waals surface area contributed by atoms with Crippen LogP contribution in [0.4, 0.5) is 0 Å². The maximum absolute atomic E-state index is 13.5. The van der Waals surface area contributed by atoms with Crippen LogP contribution in [0.2, 0.25) is 0 Å². The zero-order chi connectivity index (χ0) is 23.7. The molecule has 10 heteroatoms. The lowest BCUT2D eigenvalue weighted by Gasteiger charge is -2.26. The van der Waals surface area contributed by atoms with Gasteiger partial charge in [-0.15, -0.1) is 0 Å². The Morgan fingerprint density at radius 3 is 2.56 bits per heavy atom. The molecule has 2 aliphatic rings.